The first-order chi connectivity index (χ1) is 5.74. The molecule has 0 aromatic heterocycles. The molecule has 0 amide bonds. The van der Waals surface area contributed by atoms with Crippen molar-refractivity contribution in [2.24, 2.45) is 0 Å². The number of hydrogen-bond donors (Lipinski definition) is 0. The Hall–Kier alpha value is -1.00. The van der Waals surface area contributed by atoms with E-state index in [1.165, 1.54) is 26.7 Å². The zero-order chi connectivity index (χ0) is 9.45. The Balaban J connectivity index is 4.25. The van der Waals surface area contributed by atoms with Gasteiger partial charge in [0, 0.05) is 14.2 Å². The summed E-state index contributed by atoms with van der Waals surface area (Å²) in [4.78, 5) is 0. The van der Waals surface area contributed by atoms with Crippen molar-refractivity contribution in [3.63, 3.8) is 0 Å². The third-order valence-corrected chi connectivity index (χ3v) is 1.16. The maximum absolute atomic E-state index is 4.98. The normalized spacial score (nSPS) is 10.5. The van der Waals surface area contributed by atoms with Gasteiger partial charge in [0.15, 0.2) is 6.61 Å². The molecule has 0 atom stereocenters. The number of methoxy groups -OCH3 is 2. The van der Waals surface area contributed by atoms with Crippen LogP contribution in [0.15, 0.2) is 25.7 Å². The van der Waals surface area contributed by atoms with Crippen LogP contribution in [0.1, 0.15) is 0 Å². The highest BCUT2D eigenvalue weighted by molar-refractivity contribution is 4.65. The van der Waals surface area contributed by atoms with Crippen LogP contribution in [0.3, 0.4) is 0 Å². The Kier molecular flexibility index (Phi) is 5.16. The molecule has 12 heavy (non-hydrogen) atoms. The monoisotopic (exact) mass is 174 g/mol. The summed E-state index contributed by atoms with van der Waals surface area (Å²) in [7, 11) is 2.94. The van der Waals surface area contributed by atoms with E-state index in [-0.39, 0.29) is 6.61 Å². The lowest BCUT2D eigenvalue weighted by Crippen LogP contribution is -2.39. The van der Waals surface area contributed by atoms with Gasteiger partial charge >= 0.3 is 5.97 Å². The number of hydrogen-bond acceptors (Lipinski definition) is 4. The maximum atomic E-state index is 4.98. The van der Waals surface area contributed by atoms with Gasteiger partial charge in [-0.05, 0) is 0 Å². The largest absolute Gasteiger partial charge is 0.437 e. The van der Waals surface area contributed by atoms with Crippen molar-refractivity contribution >= 4 is 0 Å². The van der Waals surface area contributed by atoms with E-state index in [2.05, 4.69) is 13.2 Å². The third kappa shape index (κ3) is 2.94. The molecule has 70 valence electrons. The van der Waals surface area contributed by atoms with Gasteiger partial charge in [-0.15, -0.1) is 0 Å². The topological polar surface area (TPSA) is 36.9 Å². The second-order valence-corrected chi connectivity index (χ2v) is 1.89. The second-order valence-electron chi connectivity index (χ2n) is 1.89. The summed E-state index contributed by atoms with van der Waals surface area (Å²) in [5.74, 6) is -1.27. The lowest BCUT2D eigenvalue weighted by atomic mass is 10.6. The van der Waals surface area contributed by atoms with Crippen LogP contribution >= 0.6 is 0 Å². The molecule has 0 fully saturated rings. The Morgan fingerprint density at radius 2 is 1.67 bits per heavy atom. The van der Waals surface area contributed by atoms with E-state index in [0.717, 1.165) is 0 Å². The van der Waals surface area contributed by atoms with Gasteiger partial charge in [-0.2, -0.15) is 0 Å². The van der Waals surface area contributed by atoms with E-state index in [1.807, 2.05) is 0 Å². The van der Waals surface area contributed by atoms with E-state index in [9.17, 15) is 0 Å². The minimum absolute atomic E-state index is 0.127. The molecule has 0 aromatic carbocycles. The smallest absolute Gasteiger partial charge is 0.395 e. The van der Waals surface area contributed by atoms with E-state index in [1.54, 1.807) is 0 Å². The van der Waals surface area contributed by atoms with Gasteiger partial charge in [0.05, 0.1) is 12.5 Å². The predicted octanol–water partition coefficient (Wildman–Crippen LogP) is 1.25. The third-order valence-electron chi connectivity index (χ3n) is 1.16. The Morgan fingerprint density at radius 1 is 1.17 bits per heavy atom. The van der Waals surface area contributed by atoms with Crippen LogP contribution < -0.4 is 0 Å². The summed E-state index contributed by atoms with van der Waals surface area (Å²) in [5.41, 5.74) is 0. The average Bonchev–Trinajstić information content (AvgIpc) is 2.06. The van der Waals surface area contributed by atoms with Crippen LogP contribution in [-0.2, 0) is 18.9 Å². The lowest BCUT2D eigenvalue weighted by Gasteiger charge is -2.28. The molecule has 0 saturated carbocycles. The van der Waals surface area contributed by atoms with Gasteiger partial charge in [-0.25, -0.2) is 0 Å². The summed E-state index contributed by atoms with van der Waals surface area (Å²) >= 11 is 0. The van der Waals surface area contributed by atoms with Crippen molar-refractivity contribution in [3.8, 4) is 0 Å². The molecule has 0 heterocycles. The minimum atomic E-state index is -1.27. The van der Waals surface area contributed by atoms with Crippen LogP contribution in [-0.4, -0.2) is 26.8 Å². The fourth-order valence-electron chi connectivity index (χ4n) is 0.682. The van der Waals surface area contributed by atoms with Gasteiger partial charge in [-0.3, -0.25) is 0 Å². The van der Waals surface area contributed by atoms with Crippen LogP contribution in [0, 0.1) is 0 Å². The molecule has 0 aliphatic carbocycles. The van der Waals surface area contributed by atoms with Gasteiger partial charge in [-0.1, -0.05) is 13.2 Å². The SMILES string of the molecule is C=COC(COC)(OC)OC=C. The Labute approximate surface area is 72.4 Å². The molecule has 0 saturated heterocycles. The van der Waals surface area contributed by atoms with Gasteiger partial charge in [0.1, 0.15) is 0 Å². The fraction of sp³-hybridized carbons (Fsp3) is 0.500. The zero-order valence-electron chi connectivity index (χ0n) is 7.41. The first-order valence-electron chi connectivity index (χ1n) is 3.36. The molecular formula is C8H14O4. The standard InChI is InChI=1S/C8H14O4/c1-5-11-8(10-4,7-9-3)12-6-2/h5-6H,1-2,7H2,3-4H3. The molecule has 0 radical (unpaired) electrons. The zero-order valence-corrected chi connectivity index (χ0v) is 7.41. The summed E-state index contributed by atoms with van der Waals surface area (Å²) < 4.78 is 19.7. The molecule has 0 unspecified atom stereocenters. The van der Waals surface area contributed by atoms with E-state index < -0.39 is 5.97 Å². The minimum Gasteiger partial charge on any atom is -0.437 e. The molecule has 4 nitrogen and oxygen atoms in total. The van der Waals surface area contributed by atoms with Crippen molar-refractivity contribution in [2.45, 2.75) is 5.97 Å². The Morgan fingerprint density at radius 3 is 1.92 bits per heavy atom. The molecule has 0 rings (SSSR count). The molecule has 0 aromatic rings. The van der Waals surface area contributed by atoms with Crippen molar-refractivity contribution in [1.29, 1.82) is 0 Å². The highest BCUT2D eigenvalue weighted by Crippen LogP contribution is 2.15. The first kappa shape index (κ1) is 11.0. The van der Waals surface area contributed by atoms with Gasteiger partial charge in [0.2, 0.25) is 0 Å². The highest BCUT2D eigenvalue weighted by Gasteiger charge is 2.32. The Bertz CT molecular complexity index is 134. The van der Waals surface area contributed by atoms with Crippen molar-refractivity contribution < 1.29 is 18.9 Å². The van der Waals surface area contributed by atoms with Crippen LogP contribution in [0.25, 0.3) is 0 Å². The van der Waals surface area contributed by atoms with Crippen LogP contribution in [0.4, 0.5) is 0 Å². The highest BCUT2D eigenvalue weighted by atomic mass is 16.9. The fourth-order valence-corrected chi connectivity index (χ4v) is 0.682. The van der Waals surface area contributed by atoms with Crippen molar-refractivity contribution in [3.05, 3.63) is 25.7 Å². The van der Waals surface area contributed by atoms with E-state index in [4.69, 9.17) is 18.9 Å². The molecule has 0 aliphatic rings. The van der Waals surface area contributed by atoms with Crippen LogP contribution in [0.5, 0.6) is 0 Å². The first-order valence-corrected chi connectivity index (χ1v) is 3.36. The van der Waals surface area contributed by atoms with E-state index >= 15 is 0 Å². The van der Waals surface area contributed by atoms with Crippen molar-refractivity contribution in [1.82, 2.24) is 0 Å². The molecule has 0 bridgehead atoms. The summed E-state index contributed by atoms with van der Waals surface area (Å²) in [6.45, 7) is 6.90. The average molecular weight is 174 g/mol. The van der Waals surface area contributed by atoms with Gasteiger partial charge in [0.25, 0.3) is 0 Å². The molecule has 0 spiro atoms. The number of ether oxygens (including phenoxy) is 4. The lowest BCUT2D eigenvalue weighted by molar-refractivity contribution is -0.345. The summed E-state index contributed by atoms with van der Waals surface area (Å²) in [5, 5.41) is 0. The predicted molar refractivity (Wildman–Crippen MR) is 44.2 cm³/mol. The molecular weight excluding hydrogens is 160 g/mol. The van der Waals surface area contributed by atoms with Crippen LogP contribution in [0.2, 0.25) is 0 Å². The quantitative estimate of drug-likeness (QED) is 0.430. The maximum Gasteiger partial charge on any atom is 0.395 e. The molecule has 0 aliphatic heterocycles. The molecule has 0 N–H and O–H groups in total. The second kappa shape index (κ2) is 5.62. The molecule has 4 heteroatoms. The van der Waals surface area contributed by atoms with Crippen molar-refractivity contribution in [2.75, 3.05) is 20.8 Å². The van der Waals surface area contributed by atoms with E-state index in [0.29, 0.717) is 0 Å². The van der Waals surface area contributed by atoms with Gasteiger partial charge < -0.3 is 18.9 Å². The number of rotatable bonds is 7. The summed E-state index contributed by atoms with van der Waals surface area (Å²) in [6.07, 6.45) is 2.43. The summed E-state index contributed by atoms with van der Waals surface area (Å²) in [6, 6.07) is 0.